The number of hydrogen-bond donors (Lipinski definition) is 1. The van der Waals surface area contributed by atoms with Gasteiger partial charge in [0, 0.05) is 0 Å². The molecule has 1 aromatic carbocycles. The molecule has 4 heteroatoms. The molecular weight excluding hydrogens is 227 g/mol. The van der Waals surface area contributed by atoms with E-state index in [2.05, 4.69) is 5.32 Å². The number of rotatable bonds is 5. The van der Waals surface area contributed by atoms with Gasteiger partial charge >= 0.3 is 6.18 Å². The molecule has 0 heterocycles. The van der Waals surface area contributed by atoms with Gasteiger partial charge in [0.25, 0.3) is 0 Å². The molecule has 1 unspecified atom stereocenters. The average Bonchev–Trinajstić information content (AvgIpc) is 2.27. The second kappa shape index (κ2) is 5.54. The average molecular weight is 245 g/mol. The molecule has 0 spiro atoms. The maximum atomic E-state index is 12.9. The molecule has 1 nitrogen and oxygen atoms in total. The van der Waals surface area contributed by atoms with Crippen LogP contribution in [0, 0.1) is 0 Å². The molecule has 0 fully saturated rings. The van der Waals surface area contributed by atoms with E-state index in [0.717, 1.165) is 5.56 Å². The van der Waals surface area contributed by atoms with Gasteiger partial charge in [-0.1, -0.05) is 37.3 Å². The van der Waals surface area contributed by atoms with Crippen LogP contribution >= 0.6 is 0 Å². The summed E-state index contributed by atoms with van der Waals surface area (Å²) in [6.45, 7) is 3.22. The van der Waals surface area contributed by atoms with Crippen molar-refractivity contribution in [1.29, 1.82) is 0 Å². The molecular formula is C13H18F3N. The second-order valence-electron chi connectivity index (χ2n) is 4.35. The van der Waals surface area contributed by atoms with Crippen molar-refractivity contribution in [3.8, 4) is 0 Å². The summed E-state index contributed by atoms with van der Waals surface area (Å²) in [5.41, 5.74) is -0.877. The van der Waals surface area contributed by atoms with Crippen LogP contribution in [-0.4, -0.2) is 18.3 Å². The minimum atomic E-state index is -4.22. The SMILES string of the molecule is CCNC(C)(CCc1ccccc1)C(F)(F)F. The minimum absolute atomic E-state index is 0.0500. The van der Waals surface area contributed by atoms with Crippen molar-refractivity contribution in [3.63, 3.8) is 0 Å². The summed E-state index contributed by atoms with van der Waals surface area (Å²) in [6, 6.07) is 9.24. The van der Waals surface area contributed by atoms with Crippen LogP contribution in [0.2, 0.25) is 0 Å². The molecule has 1 rings (SSSR count). The summed E-state index contributed by atoms with van der Waals surface area (Å²) in [5.74, 6) is 0. The molecule has 1 aromatic rings. The number of nitrogens with one attached hydrogen (secondary N) is 1. The summed E-state index contributed by atoms with van der Waals surface area (Å²) < 4.78 is 38.8. The zero-order chi connectivity index (χ0) is 12.9. The minimum Gasteiger partial charge on any atom is -0.304 e. The van der Waals surface area contributed by atoms with Crippen molar-refractivity contribution in [2.45, 2.75) is 38.4 Å². The highest BCUT2D eigenvalue weighted by molar-refractivity contribution is 5.15. The Bertz CT molecular complexity index is 334. The molecule has 0 amide bonds. The Hall–Kier alpha value is -1.03. The lowest BCUT2D eigenvalue weighted by atomic mass is 9.92. The maximum Gasteiger partial charge on any atom is 0.406 e. The van der Waals surface area contributed by atoms with Crippen LogP contribution < -0.4 is 5.32 Å². The van der Waals surface area contributed by atoms with Crippen LogP contribution in [-0.2, 0) is 6.42 Å². The van der Waals surface area contributed by atoms with E-state index >= 15 is 0 Å². The van der Waals surface area contributed by atoms with Crippen LogP contribution in [0.3, 0.4) is 0 Å². The quantitative estimate of drug-likeness (QED) is 0.836. The van der Waals surface area contributed by atoms with Crippen LogP contribution in [0.1, 0.15) is 25.8 Å². The second-order valence-corrected chi connectivity index (χ2v) is 4.35. The molecule has 1 atom stereocenters. The Morgan fingerprint density at radius 3 is 2.18 bits per heavy atom. The van der Waals surface area contributed by atoms with E-state index in [9.17, 15) is 13.2 Å². The fourth-order valence-corrected chi connectivity index (χ4v) is 1.76. The Morgan fingerprint density at radius 1 is 1.12 bits per heavy atom. The predicted molar refractivity (Wildman–Crippen MR) is 62.9 cm³/mol. The van der Waals surface area contributed by atoms with Gasteiger partial charge in [0.15, 0.2) is 0 Å². The summed E-state index contributed by atoms with van der Waals surface area (Å²) in [6.07, 6.45) is -3.75. The highest BCUT2D eigenvalue weighted by Gasteiger charge is 2.49. The molecule has 0 saturated heterocycles. The Kier molecular flexibility index (Phi) is 4.57. The maximum absolute atomic E-state index is 12.9. The zero-order valence-corrected chi connectivity index (χ0v) is 10.1. The van der Waals surface area contributed by atoms with Gasteiger partial charge in [-0.3, -0.25) is 0 Å². The first kappa shape index (κ1) is 14.0. The highest BCUT2D eigenvalue weighted by Crippen LogP contribution is 2.33. The molecule has 0 aliphatic rings. The molecule has 1 N–H and O–H groups in total. The van der Waals surface area contributed by atoms with Crippen LogP contribution in [0.25, 0.3) is 0 Å². The van der Waals surface area contributed by atoms with E-state index in [4.69, 9.17) is 0 Å². The van der Waals surface area contributed by atoms with E-state index in [1.54, 1.807) is 6.92 Å². The first-order valence-electron chi connectivity index (χ1n) is 5.75. The van der Waals surface area contributed by atoms with Gasteiger partial charge < -0.3 is 5.32 Å². The van der Waals surface area contributed by atoms with Gasteiger partial charge in [-0.05, 0) is 31.9 Å². The molecule has 0 aliphatic carbocycles. The van der Waals surface area contributed by atoms with E-state index < -0.39 is 11.7 Å². The Morgan fingerprint density at radius 2 is 1.71 bits per heavy atom. The molecule has 0 aromatic heterocycles. The lowest BCUT2D eigenvalue weighted by Crippen LogP contribution is -2.54. The first-order valence-corrected chi connectivity index (χ1v) is 5.75. The lowest BCUT2D eigenvalue weighted by molar-refractivity contribution is -0.193. The third-order valence-electron chi connectivity index (χ3n) is 2.95. The zero-order valence-electron chi connectivity index (χ0n) is 10.1. The van der Waals surface area contributed by atoms with Gasteiger partial charge in [0.05, 0.1) is 0 Å². The summed E-state index contributed by atoms with van der Waals surface area (Å²) >= 11 is 0. The Labute approximate surface area is 100 Å². The molecule has 0 bridgehead atoms. The van der Waals surface area contributed by atoms with Gasteiger partial charge in [0.2, 0.25) is 0 Å². The van der Waals surface area contributed by atoms with E-state index in [-0.39, 0.29) is 6.42 Å². The summed E-state index contributed by atoms with van der Waals surface area (Å²) in [7, 11) is 0. The van der Waals surface area contributed by atoms with Crippen LogP contribution in [0.15, 0.2) is 30.3 Å². The predicted octanol–water partition coefficient (Wildman–Crippen LogP) is 3.55. The van der Waals surface area contributed by atoms with Crippen molar-refractivity contribution in [2.75, 3.05) is 6.54 Å². The fourth-order valence-electron chi connectivity index (χ4n) is 1.76. The normalized spacial score (nSPS) is 15.6. The molecule has 17 heavy (non-hydrogen) atoms. The fraction of sp³-hybridized carbons (Fsp3) is 0.538. The number of alkyl halides is 3. The smallest absolute Gasteiger partial charge is 0.304 e. The number of halogens is 3. The standard InChI is InChI=1S/C13H18F3N/c1-3-17-12(2,13(14,15)16)10-9-11-7-5-4-6-8-11/h4-8,17H,3,9-10H2,1-2H3. The Balaban J connectivity index is 2.69. The monoisotopic (exact) mass is 245 g/mol. The van der Waals surface area contributed by atoms with Gasteiger partial charge in [-0.2, -0.15) is 13.2 Å². The molecule has 0 aliphatic heterocycles. The topological polar surface area (TPSA) is 12.0 Å². The van der Waals surface area contributed by atoms with Crippen molar-refractivity contribution >= 4 is 0 Å². The van der Waals surface area contributed by atoms with Gasteiger partial charge in [-0.15, -0.1) is 0 Å². The van der Waals surface area contributed by atoms with Crippen molar-refractivity contribution < 1.29 is 13.2 Å². The first-order chi connectivity index (χ1) is 7.89. The van der Waals surface area contributed by atoms with Crippen molar-refractivity contribution in [1.82, 2.24) is 5.32 Å². The number of benzene rings is 1. The third kappa shape index (κ3) is 3.73. The van der Waals surface area contributed by atoms with E-state index in [0.29, 0.717) is 13.0 Å². The van der Waals surface area contributed by atoms with Gasteiger partial charge in [0.1, 0.15) is 5.54 Å². The number of aryl methyl sites for hydroxylation is 1. The van der Waals surface area contributed by atoms with Crippen LogP contribution in [0.5, 0.6) is 0 Å². The van der Waals surface area contributed by atoms with E-state index in [1.165, 1.54) is 6.92 Å². The van der Waals surface area contributed by atoms with Gasteiger partial charge in [-0.25, -0.2) is 0 Å². The summed E-state index contributed by atoms with van der Waals surface area (Å²) in [4.78, 5) is 0. The van der Waals surface area contributed by atoms with E-state index in [1.807, 2.05) is 30.3 Å². The molecule has 0 saturated carbocycles. The van der Waals surface area contributed by atoms with Crippen molar-refractivity contribution in [2.24, 2.45) is 0 Å². The van der Waals surface area contributed by atoms with Crippen molar-refractivity contribution in [3.05, 3.63) is 35.9 Å². The number of hydrogen-bond acceptors (Lipinski definition) is 1. The highest BCUT2D eigenvalue weighted by atomic mass is 19.4. The molecule has 96 valence electrons. The summed E-state index contributed by atoms with van der Waals surface area (Å²) in [5, 5.41) is 2.54. The third-order valence-corrected chi connectivity index (χ3v) is 2.95. The lowest BCUT2D eigenvalue weighted by Gasteiger charge is -2.33. The molecule has 0 radical (unpaired) electrons. The largest absolute Gasteiger partial charge is 0.406 e. The van der Waals surface area contributed by atoms with Crippen LogP contribution in [0.4, 0.5) is 13.2 Å².